The van der Waals surface area contributed by atoms with Crippen LogP contribution in [0.4, 0.5) is 0 Å². The monoisotopic (exact) mass is 422 g/mol. The third-order valence-electron chi connectivity index (χ3n) is 3.31. The van der Waals surface area contributed by atoms with E-state index in [1.54, 1.807) is 7.05 Å². The predicted molar refractivity (Wildman–Crippen MR) is 96.4 cm³/mol. The van der Waals surface area contributed by atoms with Crippen molar-refractivity contribution in [2.45, 2.75) is 39.5 Å². The molecule has 0 saturated heterocycles. The van der Waals surface area contributed by atoms with Crippen molar-refractivity contribution in [1.29, 1.82) is 0 Å². The molecule has 22 heavy (non-hydrogen) atoms. The highest BCUT2D eigenvalue weighted by Crippen LogP contribution is 2.23. The molecule has 5 nitrogen and oxygen atoms in total. The topological polar surface area (TPSA) is 59.6 Å². The lowest BCUT2D eigenvalue weighted by atomic mass is 9.97. The zero-order chi connectivity index (χ0) is 16.4. The summed E-state index contributed by atoms with van der Waals surface area (Å²) in [5.74, 6) is 0.0771. The smallest absolute Gasteiger partial charge is 0.354 e. The van der Waals surface area contributed by atoms with Crippen LogP contribution >= 0.6 is 23.0 Å². The highest BCUT2D eigenvalue weighted by atomic mass is 127. The molecule has 6 heteroatoms. The summed E-state index contributed by atoms with van der Waals surface area (Å²) in [6, 6.07) is 0. The summed E-state index contributed by atoms with van der Waals surface area (Å²) in [6.45, 7) is 6.13. The van der Waals surface area contributed by atoms with Gasteiger partial charge in [0.1, 0.15) is 28.7 Å². The van der Waals surface area contributed by atoms with E-state index in [1.165, 1.54) is 5.70 Å². The summed E-state index contributed by atoms with van der Waals surface area (Å²) in [5, 5.41) is 6.42. The van der Waals surface area contributed by atoms with Crippen molar-refractivity contribution in [2.75, 3.05) is 26.8 Å². The fraction of sp³-hybridized carbons (Fsp3) is 0.688. The second-order valence-electron chi connectivity index (χ2n) is 5.76. The van der Waals surface area contributed by atoms with Crippen LogP contribution < -0.4 is 10.6 Å². The molecule has 0 unspecified atom stereocenters. The molecule has 126 valence electrons. The van der Waals surface area contributed by atoms with Crippen LogP contribution in [0.2, 0.25) is 0 Å². The number of ether oxygens (including phenoxy) is 1. The van der Waals surface area contributed by atoms with Gasteiger partial charge in [0, 0.05) is 19.3 Å². The van der Waals surface area contributed by atoms with E-state index in [9.17, 15) is 4.79 Å². The maximum atomic E-state index is 12.2. The van der Waals surface area contributed by atoms with Crippen molar-refractivity contribution in [3.05, 3.63) is 23.0 Å². The first-order chi connectivity index (χ1) is 10.6. The normalized spacial score (nSPS) is 17.0. The average Bonchev–Trinajstić information content (AvgIpc) is 2.51. The molecule has 1 aliphatic rings. The summed E-state index contributed by atoms with van der Waals surface area (Å²) in [7, 11) is 1.77. The minimum atomic E-state index is -0.262. The van der Waals surface area contributed by atoms with E-state index < -0.39 is 0 Å². The molecule has 0 radical (unpaired) electrons. The number of likely N-dealkylation sites (N-methyl/N-ethyl adjacent to an activating group) is 1. The standard InChI is InChI=1S/C16H27IN2O3/c1-12(2)11-21-16(20)15(18-3)13-6-4-7-14(10-13)19-8-5-9-22-17/h10,12,18-19H,4-9,11H2,1-3H3/b15-13+. The minimum absolute atomic E-state index is 0.262. The van der Waals surface area contributed by atoms with Gasteiger partial charge in [-0.1, -0.05) is 13.8 Å². The first-order valence-corrected chi connectivity index (χ1v) is 8.72. The van der Waals surface area contributed by atoms with Gasteiger partial charge in [0.2, 0.25) is 0 Å². The molecule has 0 atom stereocenters. The summed E-state index contributed by atoms with van der Waals surface area (Å²) in [5.41, 5.74) is 2.78. The molecule has 2 N–H and O–H groups in total. The summed E-state index contributed by atoms with van der Waals surface area (Å²) < 4.78 is 10.3. The van der Waals surface area contributed by atoms with E-state index >= 15 is 0 Å². The van der Waals surface area contributed by atoms with Crippen LogP contribution in [-0.2, 0) is 12.6 Å². The second-order valence-corrected chi connectivity index (χ2v) is 6.38. The highest BCUT2D eigenvalue weighted by Gasteiger charge is 2.18. The lowest BCUT2D eigenvalue weighted by molar-refractivity contribution is -0.140. The molecule has 0 fully saturated rings. The third-order valence-corrected chi connectivity index (χ3v) is 3.75. The molecule has 0 bridgehead atoms. The lowest BCUT2D eigenvalue weighted by Gasteiger charge is -2.20. The Morgan fingerprint density at radius 1 is 1.41 bits per heavy atom. The molecule has 0 saturated carbocycles. The summed E-state index contributed by atoms with van der Waals surface area (Å²) in [4.78, 5) is 12.2. The predicted octanol–water partition coefficient (Wildman–Crippen LogP) is 3.07. The number of allylic oxidation sites excluding steroid dienone is 3. The second kappa shape index (κ2) is 10.9. The van der Waals surface area contributed by atoms with Crippen LogP contribution in [0.5, 0.6) is 0 Å². The van der Waals surface area contributed by atoms with E-state index in [1.807, 2.05) is 36.9 Å². The van der Waals surface area contributed by atoms with E-state index in [2.05, 4.69) is 16.7 Å². The number of hydrogen-bond acceptors (Lipinski definition) is 5. The molecule has 0 heterocycles. The van der Waals surface area contributed by atoms with Gasteiger partial charge in [-0.3, -0.25) is 0 Å². The molecule has 1 aliphatic carbocycles. The molecule has 1 rings (SSSR count). The van der Waals surface area contributed by atoms with Gasteiger partial charge in [0.15, 0.2) is 0 Å². The average molecular weight is 422 g/mol. The van der Waals surface area contributed by atoms with Crippen molar-refractivity contribution >= 4 is 29.0 Å². The van der Waals surface area contributed by atoms with Gasteiger partial charge < -0.3 is 18.4 Å². The third kappa shape index (κ3) is 7.00. The summed E-state index contributed by atoms with van der Waals surface area (Å²) >= 11 is 1.91. The molecule has 0 aromatic heterocycles. The molecule has 0 spiro atoms. The lowest BCUT2D eigenvalue weighted by Crippen LogP contribution is -2.24. The first-order valence-electron chi connectivity index (χ1n) is 7.84. The van der Waals surface area contributed by atoms with Crippen LogP contribution in [-0.4, -0.2) is 32.8 Å². The van der Waals surface area contributed by atoms with Crippen LogP contribution in [0.3, 0.4) is 0 Å². The van der Waals surface area contributed by atoms with Gasteiger partial charge in [0.25, 0.3) is 0 Å². The molecule has 0 aliphatic heterocycles. The molecular formula is C16H27IN2O3. The highest BCUT2D eigenvalue weighted by molar-refractivity contribution is 14.1. The Hall–Kier alpha value is -0.760. The molecule has 0 amide bonds. The van der Waals surface area contributed by atoms with E-state index in [0.29, 0.717) is 18.2 Å². The van der Waals surface area contributed by atoms with Crippen molar-refractivity contribution in [3.63, 3.8) is 0 Å². The number of esters is 1. The van der Waals surface area contributed by atoms with Gasteiger partial charge in [0.05, 0.1) is 13.2 Å². The van der Waals surface area contributed by atoms with E-state index in [4.69, 9.17) is 7.80 Å². The largest absolute Gasteiger partial charge is 0.461 e. The molecular weight excluding hydrogens is 395 g/mol. The van der Waals surface area contributed by atoms with Crippen molar-refractivity contribution in [3.8, 4) is 0 Å². The fourth-order valence-electron chi connectivity index (χ4n) is 2.24. The van der Waals surface area contributed by atoms with Crippen molar-refractivity contribution < 1.29 is 12.6 Å². The molecule has 0 aromatic rings. The number of hydrogen-bond donors (Lipinski definition) is 2. The number of carbonyl (C=O) groups excluding carboxylic acids is 1. The Morgan fingerprint density at radius 2 is 2.18 bits per heavy atom. The SMILES string of the molecule is CN/C(C(=O)OCC(C)C)=C1/C=C(NCCCOI)CCC1. The quantitative estimate of drug-likeness (QED) is 0.259. The number of carbonyl (C=O) groups is 1. The summed E-state index contributed by atoms with van der Waals surface area (Å²) in [6.07, 6.45) is 6.01. The maximum absolute atomic E-state index is 12.2. The minimum Gasteiger partial charge on any atom is -0.461 e. The van der Waals surface area contributed by atoms with Crippen molar-refractivity contribution in [2.24, 2.45) is 5.92 Å². The zero-order valence-corrected chi connectivity index (χ0v) is 15.9. The maximum Gasteiger partial charge on any atom is 0.354 e. The van der Waals surface area contributed by atoms with Crippen LogP contribution in [0.1, 0.15) is 39.5 Å². The Morgan fingerprint density at radius 3 is 2.82 bits per heavy atom. The Kier molecular flexibility index (Phi) is 9.54. The van der Waals surface area contributed by atoms with Gasteiger partial charge in [-0.15, -0.1) is 0 Å². The number of halogens is 1. The molecule has 0 aromatic carbocycles. The number of nitrogens with one attached hydrogen (secondary N) is 2. The van der Waals surface area contributed by atoms with Gasteiger partial charge in [-0.25, -0.2) is 4.79 Å². The Labute approximate surface area is 147 Å². The van der Waals surface area contributed by atoms with Crippen LogP contribution in [0.15, 0.2) is 23.0 Å². The van der Waals surface area contributed by atoms with Gasteiger partial charge >= 0.3 is 5.97 Å². The van der Waals surface area contributed by atoms with Gasteiger partial charge in [-0.05, 0) is 43.3 Å². The Balaban J connectivity index is 2.69. The first kappa shape index (κ1) is 19.3. The van der Waals surface area contributed by atoms with Crippen molar-refractivity contribution in [1.82, 2.24) is 10.6 Å². The van der Waals surface area contributed by atoms with Crippen LogP contribution in [0, 0.1) is 5.92 Å². The van der Waals surface area contributed by atoms with Crippen LogP contribution in [0.25, 0.3) is 0 Å². The van der Waals surface area contributed by atoms with E-state index in [-0.39, 0.29) is 5.97 Å². The Bertz CT molecular complexity index is 420. The zero-order valence-electron chi connectivity index (χ0n) is 13.7. The van der Waals surface area contributed by atoms with Gasteiger partial charge in [-0.2, -0.15) is 0 Å². The number of rotatable bonds is 9. The fourth-order valence-corrected chi connectivity index (χ4v) is 2.56. The van der Waals surface area contributed by atoms with E-state index in [0.717, 1.165) is 44.4 Å².